The third-order valence-corrected chi connectivity index (χ3v) is 3.89. The van der Waals surface area contributed by atoms with Gasteiger partial charge in [0, 0.05) is 13.0 Å². The number of nitrogens with one attached hydrogen (secondary N) is 2. The lowest BCUT2D eigenvalue weighted by Crippen LogP contribution is -2.34. The molecule has 0 aliphatic carbocycles. The van der Waals surface area contributed by atoms with Gasteiger partial charge in [0.05, 0.1) is 18.2 Å². The maximum absolute atomic E-state index is 11.9. The fourth-order valence-corrected chi connectivity index (χ4v) is 2.58. The number of aromatic nitrogens is 1. The van der Waals surface area contributed by atoms with E-state index in [1.807, 2.05) is 13.8 Å². The zero-order valence-corrected chi connectivity index (χ0v) is 13.0. The highest BCUT2D eigenvalue weighted by molar-refractivity contribution is 6.41. The van der Waals surface area contributed by atoms with Crippen molar-refractivity contribution in [2.24, 2.45) is 5.92 Å². The highest BCUT2D eigenvalue weighted by Gasteiger charge is 2.32. The molecule has 0 aromatic carbocycles. The maximum Gasteiger partial charge on any atom is 0.267 e. The maximum atomic E-state index is 11.9. The lowest BCUT2D eigenvalue weighted by molar-refractivity contribution is -0.153. The number of rotatable bonds is 5. The van der Waals surface area contributed by atoms with Crippen molar-refractivity contribution in [2.75, 3.05) is 19.8 Å². The lowest BCUT2D eigenvalue weighted by Gasteiger charge is -2.25. The summed E-state index contributed by atoms with van der Waals surface area (Å²) in [5.41, 5.74) is 0.353. The van der Waals surface area contributed by atoms with E-state index in [4.69, 9.17) is 32.7 Å². The normalized spacial score (nSPS) is 19.0. The molecule has 1 unspecified atom stereocenters. The van der Waals surface area contributed by atoms with Gasteiger partial charge in [-0.25, -0.2) is 0 Å². The quantitative estimate of drug-likeness (QED) is 0.876. The van der Waals surface area contributed by atoms with E-state index in [1.165, 1.54) is 6.07 Å². The summed E-state index contributed by atoms with van der Waals surface area (Å²) in [5, 5.41) is 3.44. The Kier molecular flexibility index (Phi) is 4.96. The summed E-state index contributed by atoms with van der Waals surface area (Å²) in [4.78, 5) is 14.6. The molecule has 2 rings (SSSR count). The van der Waals surface area contributed by atoms with Gasteiger partial charge >= 0.3 is 0 Å². The van der Waals surface area contributed by atoms with Crippen LogP contribution in [-0.2, 0) is 9.47 Å². The molecule has 1 aliphatic heterocycles. The van der Waals surface area contributed by atoms with Crippen molar-refractivity contribution >= 4 is 29.1 Å². The predicted octanol–water partition coefficient (Wildman–Crippen LogP) is 2.84. The molecule has 20 heavy (non-hydrogen) atoms. The first-order chi connectivity index (χ1) is 9.39. The van der Waals surface area contributed by atoms with Gasteiger partial charge in [0.25, 0.3) is 5.91 Å². The van der Waals surface area contributed by atoms with Crippen LogP contribution in [0.5, 0.6) is 0 Å². The molecule has 1 aromatic heterocycles. The third-order valence-electron chi connectivity index (χ3n) is 3.20. The van der Waals surface area contributed by atoms with E-state index in [0.29, 0.717) is 30.5 Å². The van der Waals surface area contributed by atoms with E-state index in [0.717, 1.165) is 6.42 Å². The van der Waals surface area contributed by atoms with Gasteiger partial charge in [0.1, 0.15) is 10.8 Å². The van der Waals surface area contributed by atoms with Crippen molar-refractivity contribution in [3.63, 3.8) is 0 Å². The molecule has 5 nitrogen and oxygen atoms in total. The van der Waals surface area contributed by atoms with E-state index in [-0.39, 0.29) is 17.0 Å². The summed E-state index contributed by atoms with van der Waals surface area (Å²) < 4.78 is 11.1. The van der Waals surface area contributed by atoms with Crippen LogP contribution in [0.25, 0.3) is 0 Å². The van der Waals surface area contributed by atoms with E-state index in [2.05, 4.69) is 10.3 Å². The van der Waals surface area contributed by atoms with Crippen LogP contribution in [0.3, 0.4) is 0 Å². The van der Waals surface area contributed by atoms with Gasteiger partial charge in [-0.05, 0) is 18.9 Å². The summed E-state index contributed by atoms with van der Waals surface area (Å²) in [6.45, 7) is 5.72. The molecule has 0 radical (unpaired) electrons. The van der Waals surface area contributed by atoms with Crippen LogP contribution in [0.2, 0.25) is 10.2 Å². The minimum Gasteiger partial charge on any atom is -0.350 e. The van der Waals surface area contributed by atoms with Crippen molar-refractivity contribution in [3.8, 4) is 0 Å². The molecule has 1 fully saturated rings. The number of H-pyrrole nitrogens is 1. The number of carbonyl (C=O) groups is 1. The molecule has 0 spiro atoms. The summed E-state index contributed by atoms with van der Waals surface area (Å²) in [6.07, 6.45) is 0.722. The molecule has 1 saturated heterocycles. The Labute approximate surface area is 127 Å². The van der Waals surface area contributed by atoms with Crippen LogP contribution in [0.1, 0.15) is 30.8 Å². The van der Waals surface area contributed by atoms with Gasteiger partial charge in [0.15, 0.2) is 5.79 Å². The third kappa shape index (κ3) is 3.88. The predicted molar refractivity (Wildman–Crippen MR) is 77.2 cm³/mol. The second-order valence-corrected chi connectivity index (χ2v) is 5.98. The molecule has 2 N–H and O–H groups in total. The molecule has 2 heterocycles. The second-order valence-electron chi connectivity index (χ2n) is 5.19. The Morgan fingerprint density at radius 3 is 2.70 bits per heavy atom. The van der Waals surface area contributed by atoms with Crippen molar-refractivity contribution in [1.29, 1.82) is 0 Å². The van der Waals surface area contributed by atoms with Gasteiger partial charge in [-0.1, -0.05) is 30.1 Å². The van der Waals surface area contributed by atoms with Crippen LogP contribution in [-0.4, -0.2) is 36.4 Å². The van der Waals surface area contributed by atoms with Gasteiger partial charge in [0.2, 0.25) is 0 Å². The number of carbonyl (C=O) groups excluding carboxylic acids is 1. The largest absolute Gasteiger partial charge is 0.350 e. The van der Waals surface area contributed by atoms with Crippen LogP contribution in [0, 0.1) is 5.92 Å². The number of amides is 1. The number of aromatic amines is 1. The highest BCUT2D eigenvalue weighted by atomic mass is 35.5. The molecule has 1 aromatic rings. The smallest absolute Gasteiger partial charge is 0.267 e. The van der Waals surface area contributed by atoms with Gasteiger partial charge in [-0.3, -0.25) is 4.79 Å². The molecule has 0 bridgehead atoms. The van der Waals surface area contributed by atoms with Crippen molar-refractivity contribution < 1.29 is 14.3 Å². The Morgan fingerprint density at radius 2 is 2.15 bits per heavy atom. The SMILES string of the molecule is CC(CNC(=O)c1cc(Cl)c(Cl)[nH]1)CC1(C)OCCO1. The first kappa shape index (κ1) is 15.6. The van der Waals surface area contributed by atoms with Crippen LogP contribution in [0.4, 0.5) is 0 Å². The van der Waals surface area contributed by atoms with Gasteiger partial charge < -0.3 is 19.8 Å². The topological polar surface area (TPSA) is 63.4 Å². The van der Waals surface area contributed by atoms with Crippen LogP contribution >= 0.6 is 23.2 Å². The van der Waals surface area contributed by atoms with E-state index in [9.17, 15) is 4.79 Å². The minimum absolute atomic E-state index is 0.225. The Morgan fingerprint density at radius 1 is 1.50 bits per heavy atom. The molecule has 1 amide bonds. The molecule has 112 valence electrons. The van der Waals surface area contributed by atoms with Crippen molar-refractivity contribution in [3.05, 3.63) is 21.9 Å². The minimum atomic E-state index is -0.538. The molecule has 1 aliphatic rings. The number of hydrogen-bond donors (Lipinski definition) is 2. The second kappa shape index (κ2) is 6.35. The number of halogens is 2. The molecule has 1 atom stereocenters. The standard InChI is InChI=1S/C13H18Cl2N2O3/c1-8(6-13(2)19-3-4-20-13)7-16-12(18)10-5-9(14)11(15)17-10/h5,8,17H,3-4,6-7H2,1-2H3,(H,16,18). The first-order valence-electron chi connectivity index (χ1n) is 6.50. The van der Waals surface area contributed by atoms with Crippen LogP contribution < -0.4 is 5.32 Å². The van der Waals surface area contributed by atoms with Crippen molar-refractivity contribution in [1.82, 2.24) is 10.3 Å². The fraction of sp³-hybridized carbons (Fsp3) is 0.615. The number of hydrogen-bond acceptors (Lipinski definition) is 3. The monoisotopic (exact) mass is 320 g/mol. The van der Waals surface area contributed by atoms with Crippen molar-refractivity contribution in [2.45, 2.75) is 26.1 Å². The van der Waals surface area contributed by atoms with Gasteiger partial charge in [-0.15, -0.1) is 0 Å². The molecular formula is C13H18Cl2N2O3. The zero-order chi connectivity index (χ0) is 14.8. The summed E-state index contributed by atoms with van der Waals surface area (Å²) in [7, 11) is 0. The highest BCUT2D eigenvalue weighted by Crippen LogP contribution is 2.26. The molecular weight excluding hydrogens is 303 g/mol. The molecule has 7 heteroatoms. The summed E-state index contributed by atoms with van der Waals surface area (Å²) in [5.74, 6) is -0.546. The Balaban J connectivity index is 1.81. The van der Waals surface area contributed by atoms with E-state index >= 15 is 0 Å². The lowest BCUT2D eigenvalue weighted by atomic mass is 10.0. The first-order valence-corrected chi connectivity index (χ1v) is 7.25. The van der Waals surface area contributed by atoms with Gasteiger partial charge in [-0.2, -0.15) is 0 Å². The molecule has 0 saturated carbocycles. The summed E-state index contributed by atoms with van der Waals surface area (Å²) in [6, 6.07) is 1.51. The Hall–Kier alpha value is -0.750. The summed E-state index contributed by atoms with van der Waals surface area (Å²) >= 11 is 11.6. The fourth-order valence-electron chi connectivity index (χ4n) is 2.27. The van der Waals surface area contributed by atoms with E-state index < -0.39 is 5.79 Å². The zero-order valence-electron chi connectivity index (χ0n) is 11.5. The number of ether oxygens (including phenoxy) is 2. The van der Waals surface area contributed by atoms with E-state index in [1.54, 1.807) is 0 Å². The van der Waals surface area contributed by atoms with Crippen LogP contribution in [0.15, 0.2) is 6.07 Å². The average molecular weight is 321 g/mol. The Bertz CT molecular complexity index is 464. The average Bonchev–Trinajstić information content (AvgIpc) is 2.94.